The maximum absolute atomic E-state index is 13.0. The van der Waals surface area contributed by atoms with E-state index >= 15 is 0 Å². The zero-order chi connectivity index (χ0) is 24.2. The van der Waals surface area contributed by atoms with Crippen molar-refractivity contribution in [3.8, 4) is 5.75 Å². The van der Waals surface area contributed by atoms with Crippen molar-refractivity contribution in [3.05, 3.63) is 63.6 Å². The third kappa shape index (κ3) is 6.64. The highest BCUT2D eigenvalue weighted by Crippen LogP contribution is 2.28. The molecule has 12 heteroatoms. The van der Waals surface area contributed by atoms with Gasteiger partial charge in [-0.2, -0.15) is 0 Å². The zero-order valence-electron chi connectivity index (χ0n) is 18.0. The average Bonchev–Trinajstić information content (AvgIpc) is 3.22. The second-order valence-electron chi connectivity index (χ2n) is 7.53. The number of nitrogens with one attached hydrogen (secondary N) is 2. The number of rotatable bonds is 9. The molecule has 176 valence electrons. The number of nitrogens with zero attached hydrogens (tertiary/aromatic N) is 2. The lowest BCUT2D eigenvalue weighted by molar-refractivity contribution is 0.102. The molecule has 0 aliphatic carbocycles. The lowest BCUT2D eigenvalue weighted by atomic mass is 9.98. The molecule has 2 N–H and O–H groups in total. The summed E-state index contributed by atoms with van der Waals surface area (Å²) in [6.07, 6.45) is 0.572. The van der Waals surface area contributed by atoms with Crippen molar-refractivity contribution < 1.29 is 17.9 Å². The monoisotopic (exact) mass is 528 g/mol. The van der Waals surface area contributed by atoms with Crippen LogP contribution in [-0.2, 0) is 10.0 Å². The molecule has 0 unspecified atom stereocenters. The first kappa shape index (κ1) is 25.4. The number of carbonyl (C=O) groups excluding carboxylic acids is 1. The van der Waals surface area contributed by atoms with E-state index in [0.29, 0.717) is 17.2 Å². The van der Waals surface area contributed by atoms with E-state index in [2.05, 4.69) is 20.2 Å². The fourth-order valence-corrected chi connectivity index (χ4v) is 5.65. The molecule has 0 spiro atoms. The molecule has 1 amide bonds. The minimum Gasteiger partial charge on any atom is -0.497 e. The highest BCUT2D eigenvalue weighted by atomic mass is 35.5. The molecule has 1 atom stereocenters. The summed E-state index contributed by atoms with van der Waals surface area (Å²) in [6, 6.07) is 11.1. The van der Waals surface area contributed by atoms with E-state index in [9.17, 15) is 13.2 Å². The van der Waals surface area contributed by atoms with Gasteiger partial charge in [0.15, 0.2) is 0 Å². The summed E-state index contributed by atoms with van der Waals surface area (Å²) < 4.78 is 33.6. The van der Waals surface area contributed by atoms with Crippen LogP contribution in [0.1, 0.15) is 42.2 Å². The number of carbonyl (C=O) groups is 1. The largest absolute Gasteiger partial charge is 0.497 e. The maximum Gasteiger partial charge on any atom is 0.270 e. The van der Waals surface area contributed by atoms with Crippen LogP contribution in [-0.4, -0.2) is 31.6 Å². The number of amides is 1. The van der Waals surface area contributed by atoms with E-state index in [1.54, 1.807) is 19.2 Å². The van der Waals surface area contributed by atoms with E-state index < -0.39 is 22.0 Å². The van der Waals surface area contributed by atoms with Crippen LogP contribution in [0.2, 0.25) is 10.0 Å². The van der Waals surface area contributed by atoms with E-state index in [-0.39, 0.29) is 26.0 Å². The maximum atomic E-state index is 13.0. The van der Waals surface area contributed by atoms with Crippen LogP contribution >= 0.6 is 34.5 Å². The number of hydrogen-bond acceptors (Lipinski definition) is 7. The van der Waals surface area contributed by atoms with E-state index in [4.69, 9.17) is 27.9 Å². The average molecular weight is 529 g/mol. The molecular formula is C21H22Cl2N4O4S2. The van der Waals surface area contributed by atoms with E-state index in [1.807, 2.05) is 26.0 Å². The Morgan fingerprint density at radius 3 is 2.42 bits per heavy atom. The number of benzene rings is 2. The summed E-state index contributed by atoms with van der Waals surface area (Å²) in [5.41, 5.74) is 0.971. The number of methoxy groups -OCH3 is 1. The lowest BCUT2D eigenvalue weighted by Gasteiger charge is -2.20. The molecule has 0 radical (unpaired) electrons. The van der Waals surface area contributed by atoms with Crippen LogP contribution in [0.4, 0.5) is 5.13 Å². The summed E-state index contributed by atoms with van der Waals surface area (Å²) >= 11 is 12.6. The first-order valence-corrected chi connectivity index (χ1v) is 12.9. The predicted octanol–water partition coefficient (Wildman–Crippen LogP) is 5.17. The Balaban J connectivity index is 1.78. The van der Waals surface area contributed by atoms with Crippen LogP contribution < -0.4 is 14.8 Å². The molecule has 1 heterocycles. The Labute approximate surface area is 206 Å². The van der Waals surface area contributed by atoms with Gasteiger partial charge in [0.2, 0.25) is 9.47 Å². The van der Waals surface area contributed by atoms with Crippen molar-refractivity contribution in [3.63, 3.8) is 0 Å². The van der Waals surface area contributed by atoms with E-state index in [0.717, 1.165) is 16.9 Å². The Morgan fingerprint density at radius 2 is 1.82 bits per heavy atom. The Morgan fingerprint density at radius 1 is 1.12 bits per heavy atom. The molecule has 2 aromatic carbocycles. The third-order valence-corrected chi connectivity index (χ3v) is 7.78. The first-order chi connectivity index (χ1) is 15.6. The number of hydrogen-bond donors (Lipinski definition) is 2. The summed E-state index contributed by atoms with van der Waals surface area (Å²) in [5, 5.41) is 10.6. The van der Waals surface area contributed by atoms with Crippen LogP contribution in [0.3, 0.4) is 0 Å². The Kier molecular flexibility index (Phi) is 8.30. The molecule has 3 aromatic rings. The fraction of sp³-hybridized carbons (Fsp3) is 0.286. The standard InChI is InChI=1S/C21H22Cl2N4O4S2/c1-12(2)10-18(13-4-7-15(31-3)8-5-13)27-33(29,30)21-26-25-20(32-21)24-19(28)16-9-6-14(22)11-17(16)23/h4-9,11-12,18,27H,10H2,1-3H3,(H,24,25,28)/t18-/m0/s1. The molecule has 1 aromatic heterocycles. The third-order valence-electron chi connectivity index (χ3n) is 4.56. The van der Waals surface area contributed by atoms with Crippen LogP contribution in [0.25, 0.3) is 0 Å². The van der Waals surface area contributed by atoms with Gasteiger partial charge in [0.05, 0.1) is 17.7 Å². The van der Waals surface area contributed by atoms with Gasteiger partial charge in [0.1, 0.15) is 5.75 Å². The van der Waals surface area contributed by atoms with Crippen molar-refractivity contribution in [1.29, 1.82) is 0 Å². The lowest BCUT2D eigenvalue weighted by Crippen LogP contribution is -2.29. The minimum atomic E-state index is -3.99. The molecule has 0 fully saturated rings. The molecule has 8 nitrogen and oxygen atoms in total. The van der Waals surface area contributed by atoms with Gasteiger partial charge in [-0.3, -0.25) is 10.1 Å². The van der Waals surface area contributed by atoms with Gasteiger partial charge in [0, 0.05) is 11.1 Å². The highest BCUT2D eigenvalue weighted by Gasteiger charge is 2.26. The van der Waals surface area contributed by atoms with Crippen molar-refractivity contribution >= 4 is 55.6 Å². The van der Waals surface area contributed by atoms with Gasteiger partial charge in [-0.25, -0.2) is 13.1 Å². The van der Waals surface area contributed by atoms with Crippen molar-refractivity contribution in [2.24, 2.45) is 5.92 Å². The van der Waals surface area contributed by atoms with Crippen LogP contribution in [0.15, 0.2) is 46.8 Å². The normalized spacial score (nSPS) is 12.5. The molecule has 3 rings (SSSR count). The smallest absolute Gasteiger partial charge is 0.270 e. The zero-order valence-corrected chi connectivity index (χ0v) is 21.1. The SMILES string of the molecule is COc1ccc([C@H](CC(C)C)NS(=O)(=O)c2nnc(NC(=O)c3ccc(Cl)cc3Cl)s2)cc1. The summed E-state index contributed by atoms with van der Waals surface area (Å²) in [7, 11) is -2.43. The van der Waals surface area contributed by atoms with Crippen molar-refractivity contribution in [2.75, 3.05) is 12.4 Å². The van der Waals surface area contributed by atoms with Gasteiger partial charge in [-0.15, -0.1) is 10.2 Å². The minimum absolute atomic E-state index is 0.0243. The molecule has 0 aliphatic heterocycles. The fourth-order valence-electron chi connectivity index (χ4n) is 3.00. The van der Waals surface area contributed by atoms with Gasteiger partial charge < -0.3 is 4.74 Å². The summed E-state index contributed by atoms with van der Waals surface area (Å²) in [6.45, 7) is 4.01. The van der Waals surface area contributed by atoms with Crippen molar-refractivity contribution in [1.82, 2.24) is 14.9 Å². The van der Waals surface area contributed by atoms with Gasteiger partial charge in [0.25, 0.3) is 15.9 Å². The quantitative estimate of drug-likeness (QED) is 0.370. The second kappa shape index (κ2) is 10.8. The van der Waals surface area contributed by atoms with Gasteiger partial charge in [-0.1, -0.05) is 60.5 Å². The number of anilines is 1. The number of halogens is 2. The summed E-state index contributed by atoms with van der Waals surface area (Å²) in [4.78, 5) is 12.5. The van der Waals surface area contributed by atoms with Crippen LogP contribution in [0, 0.1) is 5.92 Å². The molecule has 0 saturated carbocycles. The Hall–Kier alpha value is -2.24. The van der Waals surface area contributed by atoms with Gasteiger partial charge >= 0.3 is 0 Å². The topological polar surface area (TPSA) is 110 Å². The first-order valence-electron chi connectivity index (χ1n) is 9.85. The van der Waals surface area contributed by atoms with Crippen LogP contribution in [0.5, 0.6) is 5.75 Å². The molecular weight excluding hydrogens is 507 g/mol. The number of ether oxygens (including phenoxy) is 1. The van der Waals surface area contributed by atoms with Crippen molar-refractivity contribution in [2.45, 2.75) is 30.6 Å². The van der Waals surface area contributed by atoms with E-state index in [1.165, 1.54) is 18.2 Å². The number of sulfonamides is 1. The Bertz CT molecular complexity index is 1230. The van der Waals surface area contributed by atoms with Gasteiger partial charge in [-0.05, 0) is 48.2 Å². The molecule has 33 heavy (non-hydrogen) atoms. The molecule has 0 bridgehead atoms. The predicted molar refractivity (Wildman–Crippen MR) is 130 cm³/mol. The summed E-state index contributed by atoms with van der Waals surface area (Å²) in [5.74, 6) is 0.351. The number of aromatic nitrogens is 2. The highest BCUT2D eigenvalue weighted by molar-refractivity contribution is 7.91. The molecule has 0 aliphatic rings. The molecule has 0 saturated heterocycles. The second-order valence-corrected chi connectivity index (χ2v) is 11.2.